The number of ether oxygens (including phenoxy) is 1. The smallest absolute Gasteiger partial charge is 0.243 e. The first-order chi connectivity index (χ1) is 14.3. The average Bonchev–Trinajstić information content (AvgIpc) is 2.96. The summed E-state index contributed by atoms with van der Waals surface area (Å²) in [5.74, 6) is -1.46. The van der Waals surface area contributed by atoms with Crippen LogP contribution in [0.4, 0.5) is 14.5 Å². The summed E-state index contributed by atoms with van der Waals surface area (Å²) in [6.45, 7) is 1.42. The van der Waals surface area contributed by atoms with Crippen LogP contribution in [-0.2, 0) is 14.8 Å². The number of carbonyl (C=O) groups excluding carboxylic acids is 1. The van der Waals surface area contributed by atoms with Crippen LogP contribution in [0.2, 0.25) is 0 Å². The number of halogens is 2. The van der Waals surface area contributed by atoms with Crippen LogP contribution in [0, 0.1) is 11.6 Å². The van der Waals surface area contributed by atoms with E-state index in [0.29, 0.717) is 37.9 Å². The molecular formula is C20H23F2N3O4S. The maximum atomic E-state index is 13.7. The fourth-order valence-corrected chi connectivity index (χ4v) is 4.70. The predicted molar refractivity (Wildman–Crippen MR) is 108 cm³/mol. The standard InChI is InChI=1S/C20H23F2N3O4S/c1-29-16-4-6-17(7-5-16)30(27,28)25-10-2-9-24(11-12-25)14-20(26)23-19-8-3-15(21)13-18(19)22/h3-8,13H,2,9-12,14H2,1H3,(H,23,26). The molecule has 0 radical (unpaired) electrons. The Balaban J connectivity index is 1.59. The molecule has 1 N–H and O–H groups in total. The van der Waals surface area contributed by atoms with Gasteiger partial charge in [-0.05, 0) is 49.4 Å². The Bertz CT molecular complexity index is 1000. The molecule has 0 aromatic heterocycles. The molecule has 1 heterocycles. The van der Waals surface area contributed by atoms with Crippen molar-refractivity contribution >= 4 is 21.6 Å². The van der Waals surface area contributed by atoms with Crippen molar-refractivity contribution in [1.29, 1.82) is 0 Å². The van der Waals surface area contributed by atoms with E-state index in [1.807, 2.05) is 0 Å². The van der Waals surface area contributed by atoms with Crippen molar-refractivity contribution in [2.75, 3.05) is 45.2 Å². The molecule has 2 aromatic carbocycles. The van der Waals surface area contributed by atoms with Crippen molar-refractivity contribution in [3.8, 4) is 5.75 Å². The maximum absolute atomic E-state index is 13.7. The van der Waals surface area contributed by atoms with Gasteiger partial charge in [0, 0.05) is 25.7 Å². The molecule has 0 spiro atoms. The van der Waals surface area contributed by atoms with Gasteiger partial charge >= 0.3 is 0 Å². The normalized spacial score (nSPS) is 16.1. The van der Waals surface area contributed by atoms with Crippen molar-refractivity contribution < 1.29 is 26.7 Å². The summed E-state index contributed by atoms with van der Waals surface area (Å²) in [6.07, 6.45) is 0.549. The first-order valence-corrected chi connectivity index (χ1v) is 10.8. The van der Waals surface area contributed by atoms with Gasteiger partial charge in [-0.2, -0.15) is 4.31 Å². The summed E-state index contributed by atoms with van der Waals surface area (Å²) in [5, 5.41) is 2.42. The number of rotatable bonds is 6. The van der Waals surface area contributed by atoms with Crippen LogP contribution in [-0.4, -0.2) is 63.4 Å². The lowest BCUT2D eigenvalue weighted by molar-refractivity contribution is -0.117. The highest BCUT2D eigenvalue weighted by molar-refractivity contribution is 7.89. The van der Waals surface area contributed by atoms with Gasteiger partial charge in [-0.3, -0.25) is 9.69 Å². The van der Waals surface area contributed by atoms with Crippen LogP contribution < -0.4 is 10.1 Å². The zero-order chi connectivity index (χ0) is 21.7. The van der Waals surface area contributed by atoms with E-state index in [4.69, 9.17) is 4.74 Å². The highest BCUT2D eigenvalue weighted by Gasteiger charge is 2.27. The molecule has 1 aliphatic rings. The third-order valence-electron chi connectivity index (χ3n) is 4.82. The number of sulfonamides is 1. The second-order valence-electron chi connectivity index (χ2n) is 6.88. The summed E-state index contributed by atoms with van der Waals surface area (Å²) in [4.78, 5) is 14.2. The average molecular weight is 439 g/mol. The highest BCUT2D eigenvalue weighted by atomic mass is 32.2. The number of carbonyl (C=O) groups is 1. The third-order valence-corrected chi connectivity index (χ3v) is 6.73. The van der Waals surface area contributed by atoms with Crippen molar-refractivity contribution in [2.45, 2.75) is 11.3 Å². The Morgan fingerprint density at radius 3 is 2.47 bits per heavy atom. The number of nitrogens with zero attached hydrogens (tertiary/aromatic N) is 2. The third kappa shape index (κ3) is 5.32. The zero-order valence-corrected chi connectivity index (χ0v) is 17.3. The molecule has 7 nitrogen and oxygen atoms in total. The first kappa shape index (κ1) is 22.1. The molecular weight excluding hydrogens is 416 g/mol. The fourth-order valence-electron chi connectivity index (χ4n) is 3.23. The SMILES string of the molecule is COc1ccc(S(=O)(=O)N2CCCN(CC(=O)Nc3ccc(F)cc3F)CC2)cc1. The summed E-state index contributed by atoms with van der Waals surface area (Å²) in [5.41, 5.74) is -0.0973. The molecule has 30 heavy (non-hydrogen) atoms. The van der Waals surface area contributed by atoms with Crippen LogP contribution in [0.15, 0.2) is 47.4 Å². The van der Waals surface area contributed by atoms with Gasteiger partial charge in [-0.25, -0.2) is 17.2 Å². The minimum Gasteiger partial charge on any atom is -0.497 e. The van der Waals surface area contributed by atoms with Gasteiger partial charge in [0.25, 0.3) is 0 Å². The molecule has 10 heteroatoms. The number of nitrogens with one attached hydrogen (secondary N) is 1. The summed E-state index contributed by atoms with van der Waals surface area (Å²) in [7, 11) is -2.15. The number of benzene rings is 2. The topological polar surface area (TPSA) is 79.0 Å². The highest BCUT2D eigenvalue weighted by Crippen LogP contribution is 2.21. The molecule has 0 bridgehead atoms. The van der Waals surface area contributed by atoms with E-state index in [9.17, 15) is 22.0 Å². The largest absolute Gasteiger partial charge is 0.497 e. The van der Waals surface area contributed by atoms with Crippen LogP contribution in [0.5, 0.6) is 5.75 Å². The molecule has 162 valence electrons. The Hall–Kier alpha value is -2.56. The lowest BCUT2D eigenvalue weighted by atomic mass is 10.3. The van der Waals surface area contributed by atoms with E-state index < -0.39 is 27.6 Å². The Morgan fingerprint density at radius 1 is 1.07 bits per heavy atom. The van der Waals surface area contributed by atoms with E-state index in [2.05, 4.69) is 5.32 Å². The quantitative estimate of drug-likeness (QED) is 0.747. The summed E-state index contributed by atoms with van der Waals surface area (Å²) in [6, 6.07) is 9.11. The molecule has 0 saturated carbocycles. The molecule has 0 atom stereocenters. The summed E-state index contributed by atoms with van der Waals surface area (Å²) >= 11 is 0. The van der Waals surface area contributed by atoms with E-state index in [1.54, 1.807) is 17.0 Å². The lowest BCUT2D eigenvalue weighted by Gasteiger charge is -2.21. The molecule has 0 aliphatic carbocycles. The van der Waals surface area contributed by atoms with Gasteiger partial charge in [-0.15, -0.1) is 0 Å². The van der Waals surface area contributed by atoms with Gasteiger partial charge in [0.2, 0.25) is 15.9 Å². The molecule has 1 amide bonds. The molecule has 1 fully saturated rings. The number of amides is 1. The molecule has 1 aliphatic heterocycles. The van der Waals surface area contributed by atoms with E-state index in [0.717, 1.165) is 12.1 Å². The second kappa shape index (κ2) is 9.50. The minimum absolute atomic E-state index is 0.0206. The van der Waals surface area contributed by atoms with Crippen LogP contribution in [0.1, 0.15) is 6.42 Å². The number of anilines is 1. The summed E-state index contributed by atoms with van der Waals surface area (Å²) < 4.78 is 58.9. The Morgan fingerprint density at radius 2 is 1.80 bits per heavy atom. The van der Waals surface area contributed by atoms with Gasteiger partial charge < -0.3 is 10.1 Å². The number of hydrogen-bond donors (Lipinski definition) is 1. The van der Waals surface area contributed by atoms with Crippen molar-refractivity contribution in [3.05, 3.63) is 54.1 Å². The van der Waals surface area contributed by atoms with E-state index >= 15 is 0 Å². The molecule has 3 rings (SSSR count). The number of hydrogen-bond acceptors (Lipinski definition) is 5. The zero-order valence-electron chi connectivity index (χ0n) is 16.5. The van der Waals surface area contributed by atoms with E-state index in [-0.39, 0.29) is 23.7 Å². The van der Waals surface area contributed by atoms with Gasteiger partial charge in [0.05, 0.1) is 24.2 Å². The Labute approximate surface area is 174 Å². The fraction of sp³-hybridized carbons (Fsp3) is 0.350. The Kier molecular flexibility index (Phi) is 7.01. The van der Waals surface area contributed by atoms with Gasteiger partial charge in [0.15, 0.2) is 0 Å². The monoisotopic (exact) mass is 439 g/mol. The van der Waals surface area contributed by atoms with Crippen molar-refractivity contribution in [3.63, 3.8) is 0 Å². The van der Waals surface area contributed by atoms with Crippen LogP contribution in [0.25, 0.3) is 0 Å². The molecule has 1 saturated heterocycles. The minimum atomic E-state index is -3.66. The first-order valence-electron chi connectivity index (χ1n) is 9.41. The van der Waals surface area contributed by atoms with Crippen molar-refractivity contribution in [2.24, 2.45) is 0 Å². The number of methoxy groups -OCH3 is 1. The molecule has 0 unspecified atom stereocenters. The van der Waals surface area contributed by atoms with Crippen molar-refractivity contribution in [1.82, 2.24) is 9.21 Å². The predicted octanol–water partition coefficient (Wildman–Crippen LogP) is 2.31. The lowest BCUT2D eigenvalue weighted by Crippen LogP contribution is -2.38. The van der Waals surface area contributed by atoms with Gasteiger partial charge in [0.1, 0.15) is 17.4 Å². The van der Waals surface area contributed by atoms with E-state index in [1.165, 1.54) is 23.5 Å². The van der Waals surface area contributed by atoms with Crippen LogP contribution >= 0.6 is 0 Å². The molecule has 2 aromatic rings. The van der Waals surface area contributed by atoms with Gasteiger partial charge in [-0.1, -0.05) is 0 Å². The second-order valence-corrected chi connectivity index (χ2v) is 8.82. The van der Waals surface area contributed by atoms with Crippen LogP contribution in [0.3, 0.4) is 0 Å². The maximum Gasteiger partial charge on any atom is 0.243 e.